The molecule has 2 aromatic carbocycles. The van der Waals surface area contributed by atoms with Crippen LogP contribution in [0.25, 0.3) is 0 Å². The van der Waals surface area contributed by atoms with Crippen LogP contribution < -0.4 is 14.9 Å². The molecule has 1 N–H and O–H groups in total. The fraction of sp³-hybridized carbons (Fsp3) is 0.235. The van der Waals surface area contributed by atoms with E-state index in [0.717, 1.165) is 12.1 Å². The van der Waals surface area contributed by atoms with Gasteiger partial charge in [-0.05, 0) is 32.0 Å². The second kappa shape index (κ2) is 8.61. The second-order valence-electron chi connectivity index (χ2n) is 5.63. The number of nitro benzene ring substituents is 2. The number of methoxy groups -OCH3 is 1. The minimum Gasteiger partial charge on any atom is -0.493 e. The molecule has 0 aromatic heterocycles. The maximum Gasteiger partial charge on any atom is 0.301 e. The average Bonchev–Trinajstić information content (AvgIpc) is 2.62. The van der Waals surface area contributed by atoms with Crippen LogP contribution in [0.1, 0.15) is 19.4 Å². The van der Waals surface area contributed by atoms with Crippen LogP contribution in [0.3, 0.4) is 0 Å². The van der Waals surface area contributed by atoms with Crippen LogP contribution in [0.4, 0.5) is 17.1 Å². The molecular formula is C17H18N4O6. The Bertz CT molecular complexity index is 882. The van der Waals surface area contributed by atoms with Gasteiger partial charge < -0.3 is 9.47 Å². The zero-order chi connectivity index (χ0) is 20.0. The first-order valence-corrected chi connectivity index (χ1v) is 7.89. The average molecular weight is 374 g/mol. The predicted molar refractivity (Wildman–Crippen MR) is 99.7 cm³/mol. The van der Waals surface area contributed by atoms with Crippen molar-refractivity contribution >= 4 is 23.3 Å². The number of anilines is 1. The van der Waals surface area contributed by atoms with Crippen molar-refractivity contribution in [3.8, 4) is 11.5 Å². The summed E-state index contributed by atoms with van der Waals surface area (Å²) in [5.74, 6) is 1.01. The Labute approximate surface area is 154 Å². The summed E-state index contributed by atoms with van der Waals surface area (Å²) in [5.41, 5.74) is 2.33. The fourth-order valence-electron chi connectivity index (χ4n) is 2.21. The summed E-state index contributed by atoms with van der Waals surface area (Å²) >= 11 is 0. The SMILES string of the molecule is COc1cccc(/C=N\Nc2ccc([N+](=O)[O-])cc2[N+](=O)[O-])c1OC(C)C. The Morgan fingerprint density at radius 3 is 2.48 bits per heavy atom. The van der Waals surface area contributed by atoms with Crippen molar-refractivity contribution < 1.29 is 19.3 Å². The Morgan fingerprint density at radius 1 is 1.15 bits per heavy atom. The molecule has 0 saturated heterocycles. The van der Waals surface area contributed by atoms with Gasteiger partial charge in [-0.1, -0.05) is 6.07 Å². The summed E-state index contributed by atoms with van der Waals surface area (Å²) in [7, 11) is 1.52. The van der Waals surface area contributed by atoms with E-state index in [0.29, 0.717) is 17.1 Å². The Morgan fingerprint density at radius 2 is 1.89 bits per heavy atom. The van der Waals surface area contributed by atoms with Crippen molar-refractivity contribution in [2.75, 3.05) is 12.5 Å². The van der Waals surface area contributed by atoms with E-state index >= 15 is 0 Å². The van der Waals surface area contributed by atoms with Gasteiger partial charge in [0.25, 0.3) is 5.69 Å². The van der Waals surface area contributed by atoms with Crippen LogP contribution in [-0.4, -0.2) is 29.3 Å². The molecular weight excluding hydrogens is 356 g/mol. The van der Waals surface area contributed by atoms with E-state index in [1.807, 2.05) is 13.8 Å². The largest absolute Gasteiger partial charge is 0.493 e. The highest BCUT2D eigenvalue weighted by Crippen LogP contribution is 2.32. The van der Waals surface area contributed by atoms with Gasteiger partial charge in [-0.15, -0.1) is 0 Å². The van der Waals surface area contributed by atoms with Gasteiger partial charge in [0, 0.05) is 11.6 Å². The Hall–Kier alpha value is -3.69. The first kappa shape index (κ1) is 19.6. The molecule has 27 heavy (non-hydrogen) atoms. The van der Waals surface area contributed by atoms with E-state index in [9.17, 15) is 20.2 Å². The normalized spacial score (nSPS) is 10.8. The zero-order valence-corrected chi connectivity index (χ0v) is 14.9. The molecule has 0 fully saturated rings. The molecule has 0 aliphatic heterocycles. The molecule has 0 radical (unpaired) electrons. The molecule has 0 heterocycles. The molecule has 142 valence electrons. The molecule has 0 spiro atoms. The molecule has 0 atom stereocenters. The number of nitro groups is 2. The summed E-state index contributed by atoms with van der Waals surface area (Å²) in [6.07, 6.45) is 1.32. The monoisotopic (exact) mass is 374 g/mol. The number of ether oxygens (including phenoxy) is 2. The highest BCUT2D eigenvalue weighted by molar-refractivity contribution is 5.85. The molecule has 10 nitrogen and oxygen atoms in total. The number of non-ortho nitro benzene ring substituents is 1. The fourth-order valence-corrected chi connectivity index (χ4v) is 2.21. The summed E-state index contributed by atoms with van der Waals surface area (Å²) in [5, 5.41) is 25.9. The van der Waals surface area contributed by atoms with Crippen LogP contribution in [0.5, 0.6) is 11.5 Å². The van der Waals surface area contributed by atoms with Crippen molar-refractivity contribution in [1.29, 1.82) is 0 Å². The number of rotatable bonds is 8. The molecule has 0 unspecified atom stereocenters. The molecule has 2 rings (SSSR count). The molecule has 0 aliphatic rings. The van der Waals surface area contributed by atoms with Gasteiger partial charge in [-0.2, -0.15) is 5.10 Å². The van der Waals surface area contributed by atoms with Gasteiger partial charge in [0.15, 0.2) is 11.5 Å². The number of hydrazone groups is 1. The van der Waals surface area contributed by atoms with E-state index in [2.05, 4.69) is 10.5 Å². The maximum absolute atomic E-state index is 11.1. The van der Waals surface area contributed by atoms with Crippen LogP contribution in [0.15, 0.2) is 41.5 Å². The van der Waals surface area contributed by atoms with E-state index in [4.69, 9.17) is 9.47 Å². The number of para-hydroxylation sites is 1. The minimum atomic E-state index is -0.719. The Balaban J connectivity index is 2.30. The molecule has 10 heteroatoms. The van der Waals surface area contributed by atoms with Gasteiger partial charge >= 0.3 is 5.69 Å². The highest BCUT2D eigenvalue weighted by atomic mass is 16.6. The third-order valence-corrected chi connectivity index (χ3v) is 3.36. The van der Waals surface area contributed by atoms with Crippen LogP contribution in [0, 0.1) is 20.2 Å². The summed E-state index contributed by atoms with van der Waals surface area (Å²) < 4.78 is 11.0. The maximum atomic E-state index is 11.1. The molecule has 2 aromatic rings. The van der Waals surface area contributed by atoms with E-state index in [1.165, 1.54) is 19.4 Å². The summed E-state index contributed by atoms with van der Waals surface area (Å²) in [6.45, 7) is 3.73. The zero-order valence-electron chi connectivity index (χ0n) is 14.9. The van der Waals surface area contributed by atoms with Gasteiger partial charge in [0.1, 0.15) is 5.69 Å². The number of hydrogen-bond donors (Lipinski definition) is 1. The molecule has 0 aliphatic carbocycles. The lowest BCUT2D eigenvalue weighted by atomic mass is 10.2. The summed E-state index contributed by atoms with van der Waals surface area (Å²) in [6, 6.07) is 8.49. The van der Waals surface area contributed by atoms with Crippen molar-refractivity contribution in [3.05, 3.63) is 62.2 Å². The van der Waals surface area contributed by atoms with Crippen LogP contribution in [-0.2, 0) is 0 Å². The lowest BCUT2D eigenvalue weighted by Gasteiger charge is -2.15. The van der Waals surface area contributed by atoms with Crippen LogP contribution in [0.2, 0.25) is 0 Å². The first-order valence-electron chi connectivity index (χ1n) is 7.89. The molecule has 0 amide bonds. The Kier molecular flexibility index (Phi) is 6.26. The van der Waals surface area contributed by atoms with Gasteiger partial charge in [0.2, 0.25) is 0 Å². The second-order valence-corrected chi connectivity index (χ2v) is 5.63. The van der Waals surface area contributed by atoms with Gasteiger partial charge in [-0.25, -0.2) is 0 Å². The molecule has 0 saturated carbocycles. The van der Waals surface area contributed by atoms with Crippen molar-refractivity contribution in [3.63, 3.8) is 0 Å². The quantitative estimate of drug-likeness (QED) is 0.423. The number of nitrogens with one attached hydrogen (secondary N) is 1. The predicted octanol–water partition coefficient (Wildman–Crippen LogP) is 3.74. The van der Waals surface area contributed by atoms with Crippen molar-refractivity contribution in [1.82, 2.24) is 0 Å². The van der Waals surface area contributed by atoms with E-state index in [-0.39, 0.29) is 17.5 Å². The van der Waals surface area contributed by atoms with Gasteiger partial charge in [-0.3, -0.25) is 25.7 Å². The number of hydrogen-bond acceptors (Lipinski definition) is 8. The third-order valence-electron chi connectivity index (χ3n) is 3.36. The lowest BCUT2D eigenvalue weighted by Crippen LogP contribution is -2.09. The minimum absolute atomic E-state index is 0.0241. The van der Waals surface area contributed by atoms with Crippen molar-refractivity contribution in [2.24, 2.45) is 5.10 Å². The van der Waals surface area contributed by atoms with Gasteiger partial charge in [0.05, 0.1) is 35.3 Å². The third kappa shape index (κ3) is 4.91. The van der Waals surface area contributed by atoms with Crippen LogP contribution >= 0.6 is 0 Å². The first-order chi connectivity index (χ1) is 12.8. The van der Waals surface area contributed by atoms with E-state index < -0.39 is 15.5 Å². The number of nitrogens with zero attached hydrogens (tertiary/aromatic N) is 3. The highest BCUT2D eigenvalue weighted by Gasteiger charge is 2.19. The van der Waals surface area contributed by atoms with Crippen molar-refractivity contribution in [2.45, 2.75) is 20.0 Å². The summed E-state index contributed by atoms with van der Waals surface area (Å²) in [4.78, 5) is 20.5. The standard InChI is InChI=1S/C17H18N4O6/c1-11(2)27-17-12(5-4-6-16(17)26-3)10-18-19-14-8-7-13(20(22)23)9-15(14)21(24)25/h4-11,19H,1-3H3/b18-10-. The van der Waals surface area contributed by atoms with E-state index in [1.54, 1.807) is 18.2 Å². The smallest absolute Gasteiger partial charge is 0.301 e. The lowest BCUT2D eigenvalue weighted by molar-refractivity contribution is -0.393. The number of benzene rings is 2. The topological polar surface area (TPSA) is 129 Å². The molecule has 0 bridgehead atoms.